The van der Waals surface area contributed by atoms with Crippen LogP contribution in [0.2, 0.25) is 0 Å². The van der Waals surface area contributed by atoms with E-state index >= 15 is 4.79 Å². The highest BCUT2D eigenvalue weighted by Crippen LogP contribution is 2.48. The first kappa shape index (κ1) is 37.9. The van der Waals surface area contributed by atoms with E-state index in [9.17, 15) is 10.8 Å². The Morgan fingerprint density at radius 2 is 1.07 bits per heavy atom. The van der Waals surface area contributed by atoms with Crippen molar-refractivity contribution in [3.63, 3.8) is 0 Å². The summed E-state index contributed by atoms with van der Waals surface area (Å²) in [4.78, 5) is 34.4. The van der Waals surface area contributed by atoms with Crippen molar-refractivity contribution in [3.05, 3.63) is 117 Å². The number of aryl methyl sites for hydroxylation is 2. The Bertz CT molecular complexity index is 2120. The van der Waals surface area contributed by atoms with Crippen molar-refractivity contribution in [3.8, 4) is 0 Å². The molecule has 4 atom stereocenters. The molecule has 0 saturated heterocycles. The number of anilines is 2. The zero-order chi connectivity index (χ0) is 40.0. The molecule has 8 rings (SSSR count). The number of ketones is 1. The molecule has 4 aliphatic heterocycles. The van der Waals surface area contributed by atoms with E-state index in [0.717, 1.165) is 57.9 Å². The molecule has 292 valence electrons. The second-order valence-corrected chi connectivity index (χ2v) is 17.9. The normalized spacial score (nSPS) is 21.3. The predicted octanol–water partition coefficient (Wildman–Crippen LogP) is 7.95. The third kappa shape index (κ3) is 5.83. The second kappa shape index (κ2) is 13.6. The molecule has 2 N–H and O–H groups in total. The summed E-state index contributed by atoms with van der Waals surface area (Å²) in [5.41, 5.74) is 12.1. The Hall–Kier alpha value is -5.05. The number of benzene rings is 2. The van der Waals surface area contributed by atoms with E-state index in [1.54, 1.807) is 0 Å². The number of hydrogen-bond acceptors (Lipinski definition) is 7. The fourth-order valence-electron chi connectivity index (χ4n) is 9.72. The molecule has 0 saturated carbocycles. The molecule has 0 amide bonds. The minimum atomic E-state index is -0.533. The van der Waals surface area contributed by atoms with Gasteiger partial charge in [-0.05, 0) is 73.2 Å². The number of carbonyl (C=O) groups excluding carboxylic acids is 1. The number of nitrogens with one attached hydrogen (secondary N) is 2. The van der Waals surface area contributed by atoms with Gasteiger partial charge in [-0.25, -0.2) is 9.97 Å². The number of hydrogen-bond donors (Lipinski definition) is 2. The van der Waals surface area contributed by atoms with Crippen LogP contribution in [0.4, 0.5) is 11.4 Å². The van der Waals surface area contributed by atoms with Crippen molar-refractivity contribution < 1.29 is 4.79 Å². The lowest BCUT2D eigenvalue weighted by molar-refractivity contribution is -0.122. The summed E-state index contributed by atoms with van der Waals surface area (Å²) in [6.45, 7) is 19.7. The lowest BCUT2D eigenvalue weighted by atomic mass is 9.76. The van der Waals surface area contributed by atoms with Crippen LogP contribution in [0.15, 0.2) is 60.7 Å². The first-order valence-electron chi connectivity index (χ1n) is 20.5. The number of aromatic nitrogens is 2. The Balaban J connectivity index is 1.24. The number of Topliss-reactive ketones (excluding diaryl/α,β-unsaturated/α-hetero) is 1. The van der Waals surface area contributed by atoms with Crippen molar-refractivity contribution in [2.45, 2.75) is 116 Å². The summed E-state index contributed by atoms with van der Waals surface area (Å²) in [6, 6.07) is 22.2. The number of fused-ring (bicyclic) bond motifs is 4. The van der Waals surface area contributed by atoms with E-state index in [0.29, 0.717) is 49.9 Å². The molecule has 0 fully saturated rings. The van der Waals surface area contributed by atoms with Crippen LogP contribution < -0.4 is 9.80 Å². The van der Waals surface area contributed by atoms with Crippen LogP contribution in [-0.2, 0) is 41.6 Å². The van der Waals surface area contributed by atoms with Gasteiger partial charge in [0.05, 0.1) is 11.8 Å². The average Bonchev–Trinajstić information content (AvgIpc) is 3.80. The molecule has 0 spiro atoms. The van der Waals surface area contributed by atoms with Crippen molar-refractivity contribution in [1.29, 1.82) is 10.8 Å². The highest BCUT2D eigenvalue weighted by Gasteiger charge is 2.44. The Morgan fingerprint density at radius 3 is 1.45 bits per heavy atom. The molecule has 4 aromatic rings. The van der Waals surface area contributed by atoms with Crippen LogP contribution in [0.3, 0.4) is 0 Å². The lowest BCUT2D eigenvalue weighted by Crippen LogP contribution is -2.39. The zero-order valence-corrected chi connectivity index (χ0v) is 34.9. The topological polar surface area (TPSA) is 104 Å². The standard InChI is InChI=1S/C47H58N8O/c1-11-33-17-13-31-23-54(44(48)41(31)50-33)25-35(29-15-19-39-37(21-29)46(5,6)27(3)52(39)9)43(56)36(26-55-24-32-14-18-34(12-2)51-42(32)45(55)49)30-16-20-40-38(22-30)47(7,8)28(4)53(40)10/h13-22,27-28,35-36,48-49H,11-12,23-26H2,1-10H3. The summed E-state index contributed by atoms with van der Waals surface area (Å²) in [6.07, 6.45) is 1.61. The molecule has 56 heavy (non-hydrogen) atoms. The molecule has 9 heteroatoms. The highest BCUT2D eigenvalue weighted by molar-refractivity contribution is 6.01. The summed E-state index contributed by atoms with van der Waals surface area (Å²) in [7, 11) is 4.32. The zero-order valence-electron chi connectivity index (χ0n) is 34.9. The van der Waals surface area contributed by atoms with Gasteiger partial charge < -0.3 is 19.6 Å². The minimum absolute atomic E-state index is 0.108. The third-order valence-electron chi connectivity index (χ3n) is 14.3. The third-order valence-corrected chi connectivity index (χ3v) is 14.3. The molecule has 9 nitrogen and oxygen atoms in total. The summed E-state index contributed by atoms with van der Waals surface area (Å²) in [5, 5.41) is 18.7. The number of rotatable bonds is 10. The number of likely N-dealkylation sites (N-methyl/N-ethyl adjacent to an activating group) is 2. The molecule has 0 radical (unpaired) electrons. The number of amidine groups is 2. The van der Waals surface area contributed by atoms with Gasteiger partial charge in [0, 0.05) is 97.1 Å². The second-order valence-electron chi connectivity index (χ2n) is 17.9. The molecule has 4 unspecified atom stereocenters. The van der Waals surface area contributed by atoms with Gasteiger partial charge in [-0.3, -0.25) is 15.6 Å². The van der Waals surface area contributed by atoms with Crippen molar-refractivity contribution in [2.75, 3.05) is 37.0 Å². The van der Waals surface area contributed by atoms with Crippen LogP contribution in [0.1, 0.15) is 123 Å². The van der Waals surface area contributed by atoms with Gasteiger partial charge >= 0.3 is 0 Å². The van der Waals surface area contributed by atoms with E-state index in [1.807, 2.05) is 0 Å². The molecule has 2 aromatic heterocycles. The van der Waals surface area contributed by atoms with Crippen LogP contribution in [0, 0.1) is 10.8 Å². The molecular formula is C47H58N8O. The molecule has 2 aromatic carbocycles. The predicted molar refractivity (Wildman–Crippen MR) is 227 cm³/mol. The Labute approximate surface area is 333 Å². The molecule has 0 bridgehead atoms. The maximum absolute atomic E-state index is 15.9. The lowest BCUT2D eigenvalue weighted by Gasteiger charge is -2.32. The van der Waals surface area contributed by atoms with E-state index in [-0.39, 0.29) is 16.6 Å². The largest absolute Gasteiger partial charge is 0.371 e. The van der Waals surface area contributed by atoms with E-state index in [4.69, 9.17) is 9.97 Å². The molecular weight excluding hydrogens is 693 g/mol. The van der Waals surface area contributed by atoms with E-state index in [1.165, 1.54) is 22.5 Å². The highest BCUT2D eigenvalue weighted by atomic mass is 16.1. The number of carbonyl (C=O) groups is 1. The van der Waals surface area contributed by atoms with E-state index in [2.05, 4.69) is 150 Å². The quantitative estimate of drug-likeness (QED) is 0.170. The molecule has 6 heterocycles. The minimum Gasteiger partial charge on any atom is -0.371 e. The maximum atomic E-state index is 15.9. The number of nitrogens with zero attached hydrogens (tertiary/aromatic N) is 6. The van der Waals surface area contributed by atoms with Gasteiger partial charge in [-0.1, -0.05) is 77.9 Å². The molecule has 0 aliphatic carbocycles. The fourth-order valence-corrected chi connectivity index (χ4v) is 9.72. The van der Waals surface area contributed by atoms with Crippen LogP contribution in [0.25, 0.3) is 0 Å². The van der Waals surface area contributed by atoms with Crippen LogP contribution >= 0.6 is 0 Å². The van der Waals surface area contributed by atoms with Gasteiger partial charge in [0.25, 0.3) is 0 Å². The Morgan fingerprint density at radius 1 is 0.679 bits per heavy atom. The maximum Gasteiger partial charge on any atom is 0.151 e. The van der Waals surface area contributed by atoms with Gasteiger partial charge in [0.2, 0.25) is 0 Å². The number of pyridine rings is 2. The Kier molecular flexibility index (Phi) is 9.17. The van der Waals surface area contributed by atoms with Crippen molar-refractivity contribution in [1.82, 2.24) is 19.8 Å². The fraction of sp³-hybridized carbons (Fsp3) is 0.468. The van der Waals surface area contributed by atoms with E-state index < -0.39 is 11.8 Å². The average molecular weight is 751 g/mol. The van der Waals surface area contributed by atoms with Crippen molar-refractivity contribution >= 4 is 28.8 Å². The first-order valence-corrected chi connectivity index (χ1v) is 20.5. The monoisotopic (exact) mass is 750 g/mol. The van der Waals surface area contributed by atoms with Gasteiger partial charge in [0.15, 0.2) is 5.78 Å². The summed E-state index contributed by atoms with van der Waals surface area (Å²) >= 11 is 0. The van der Waals surface area contributed by atoms with Gasteiger partial charge in [-0.15, -0.1) is 0 Å². The summed E-state index contributed by atoms with van der Waals surface area (Å²) in [5.74, 6) is -0.198. The van der Waals surface area contributed by atoms with Gasteiger partial charge in [0.1, 0.15) is 23.1 Å². The summed E-state index contributed by atoms with van der Waals surface area (Å²) < 4.78 is 0. The molecule has 4 aliphatic rings. The van der Waals surface area contributed by atoms with Crippen molar-refractivity contribution in [2.24, 2.45) is 0 Å². The smallest absolute Gasteiger partial charge is 0.151 e. The first-order chi connectivity index (χ1) is 26.6. The van der Waals surface area contributed by atoms with Crippen LogP contribution in [-0.4, -0.2) is 76.5 Å². The van der Waals surface area contributed by atoms with Gasteiger partial charge in [-0.2, -0.15) is 0 Å². The van der Waals surface area contributed by atoms with Crippen LogP contribution in [0.5, 0.6) is 0 Å². The SMILES string of the molecule is CCc1ccc2c(n1)C(=N)N(CC(C(=O)C(CN1Cc3ccc(CC)nc3C1=N)c1ccc3c(c1)C(C)(C)C(C)N3C)c1ccc3c(c1)C(C)(C)C(C)N3C)C2.